The molecular weight excluding hydrogens is 500 g/mol. The lowest BCUT2D eigenvalue weighted by atomic mass is 9.75. The van der Waals surface area contributed by atoms with Crippen LogP contribution in [0.4, 0.5) is 0 Å². The molecule has 0 amide bonds. The summed E-state index contributed by atoms with van der Waals surface area (Å²) in [6.45, 7) is 37.6. The molecule has 2 saturated carbocycles. The maximum atomic E-state index is 4.77. The van der Waals surface area contributed by atoms with Crippen molar-refractivity contribution in [3.05, 3.63) is 61.3 Å². The van der Waals surface area contributed by atoms with Gasteiger partial charge in [-0.15, -0.1) is 0 Å². The van der Waals surface area contributed by atoms with Crippen LogP contribution in [0.2, 0.25) is 0 Å². The maximum absolute atomic E-state index is 4.77. The van der Waals surface area contributed by atoms with E-state index in [0.29, 0.717) is 17.9 Å². The van der Waals surface area contributed by atoms with E-state index in [2.05, 4.69) is 82.1 Å². The highest BCUT2D eigenvalue weighted by Crippen LogP contribution is 2.43. The van der Waals surface area contributed by atoms with E-state index >= 15 is 0 Å². The molecule has 1 aliphatic heterocycles. The van der Waals surface area contributed by atoms with Crippen molar-refractivity contribution >= 4 is 0 Å². The van der Waals surface area contributed by atoms with Gasteiger partial charge in [0.05, 0.1) is 18.1 Å². The first-order chi connectivity index (χ1) is 19.3. The Morgan fingerprint density at radius 1 is 0.902 bits per heavy atom. The minimum Gasteiger partial charge on any atom is -0.383 e. The van der Waals surface area contributed by atoms with E-state index in [0.717, 1.165) is 48.0 Å². The first kappa shape index (κ1) is 33.4. The van der Waals surface area contributed by atoms with Crippen molar-refractivity contribution in [2.24, 2.45) is 23.2 Å². The van der Waals surface area contributed by atoms with Crippen LogP contribution in [0.15, 0.2) is 61.3 Å². The number of hydrogen-bond acceptors (Lipinski definition) is 4. The highest BCUT2D eigenvalue weighted by Gasteiger charge is 2.44. The highest BCUT2D eigenvalue weighted by molar-refractivity contribution is 5.32. The average molecular weight is 565 g/mol. The smallest absolute Gasteiger partial charge is 0.0713 e. The Morgan fingerprint density at radius 2 is 1.59 bits per heavy atom. The Labute approximate surface area is 254 Å². The number of hydrogen-bond donors (Lipinski definition) is 3. The average Bonchev–Trinajstić information content (AvgIpc) is 3.84. The van der Waals surface area contributed by atoms with Crippen molar-refractivity contribution in [1.82, 2.24) is 20.9 Å². The van der Waals surface area contributed by atoms with Gasteiger partial charge in [-0.1, -0.05) is 106 Å². The molecule has 4 nitrogen and oxygen atoms in total. The summed E-state index contributed by atoms with van der Waals surface area (Å²) >= 11 is 0. The van der Waals surface area contributed by atoms with Gasteiger partial charge in [-0.05, 0) is 74.2 Å². The van der Waals surface area contributed by atoms with Crippen LogP contribution in [0.5, 0.6) is 0 Å². The van der Waals surface area contributed by atoms with Crippen LogP contribution in [-0.4, -0.2) is 35.6 Å². The first-order valence-corrected chi connectivity index (χ1v) is 16.8. The second kappa shape index (κ2) is 14.9. The van der Waals surface area contributed by atoms with E-state index in [1.54, 1.807) is 0 Å². The summed E-state index contributed by atoms with van der Waals surface area (Å²) in [5, 5.41) is 11.3. The topological polar surface area (TPSA) is 39.3 Å². The molecule has 4 heteroatoms. The molecule has 0 radical (unpaired) electrons. The normalized spacial score (nSPS) is 22.9. The van der Waals surface area contributed by atoms with E-state index < -0.39 is 0 Å². The molecule has 0 spiro atoms. The Kier molecular flexibility index (Phi) is 12.1. The van der Waals surface area contributed by atoms with Gasteiger partial charge in [0.15, 0.2) is 0 Å². The number of nitrogens with zero attached hydrogens (tertiary/aromatic N) is 1. The molecule has 232 valence electrons. The molecule has 1 saturated heterocycles. The highest BCUT2D eigenvalue weighted by atomic mass is 15.2. The number of rotatable bonds is 20. The SMILES string of the molecule is C=C(C)NC(C(=C)N1CC[C@H](C(C)(C)C)C1C(=C)NC(CCC1CC1)C(=C)C(=C)NC1CC1)C(C)CCCCCC. The van der Waals surface area contributed by atoms with Crippen LogP contribution in [0, 0.1) is 23.2 Å². The number of likely N-dealkylation sites (tertiary alicyclic amines) is 1. The van der Waals surface area contributed by atoms with Gasteiger partial charge < -0.3 is 20.9 Å². The van der Waals surface area contributed by atoms with Gasteiger partial charge in [-0.3, -0.25) is 0 Å². The lowest BCUT2D eigenvalue weighted by Crippen LogP contribution is -2.49. The predicted molar refractivity (Wildman–Crippen MR) is 179 cm³/mol. The molecule has 3 rings (SSSR count). The molecular formula is C37H64N4. The quantitative estimate of drug-likeness (QED) is 0.102. The van der Waals surface area contributed by atoms with Crippen LogP contribution in [0.3, 0.4) is 0 Å². The van der Waals surface area contributed by atoms with Crippen LogP contribution < -0.4 is 16.0 Å². The molecule has 0 aromatic rings. The van der Waals surface area contributed by atoms with Crippen molar-refractivity contribution < 1.29 is 0 Å². The standard InChI is InChI=1S/C37H64N4/c1-12-13-14-15-16-26(4)35(38-25(2)3)30(8)41-24-23-33(37(9,10)11)36(41)29(7)40-34(22-19-31-17-18-31)27(5)28(6)39-32-20-21-32/h26,31-36,38-40H,2,5-8,12-24H2,1,3-4,9-11H3/t26?,33-,34?,35?,36?/m0/s1. The van der Waals surface area contributed by atoms with E-state index in [9.17, 15) is 0 Å². The fourth-order valence-electron chi connectivity index (χ4n) is 6.74. The molecule has 0 aromatic heterocycles. The molecule has 41 heavy (non-hydrogen) atoms. The van der Waals surface area contributed by atoms with E-state index in [4.69, 9.17) is 13.2 Å². The zero-order valence-electron chi connectivity index (χ0n) is 27.7. The third kappa shape index (κ3) is 10.00. The van der Waals surface area contributed by atoms with Gasteiger partial charge in [0.2, 0.25) is 0 Å². The third-order valence-corrected chi connectivity index (χ3v) is 9.76. The molecule has 5 atom stereocenters. The molecule has 1 heterocycles. The van der Waals surface area contributed by atoms with Crippen LogP contribution >= 0.6 is 0 Å². The van der Waals surface area contributed by atoms with Crippen molar-refractivity contribution in [3.63, 3.8) is 0 Å². The van der Waals surface area contributed by atoms with Crippen LogP contribution in [-0.2, 0) is 0 Å². The predicted octanol–water partition coefficient (Wildman–Crippen LogP) is 8.82. The molecule has 4 unspecified atom stereocenters. The van der Waals surface area contributed by atoms with E-state index in [1.165, 1.54) is 69.9 Å². The Hall–Kier alpha value is -2.10. The van der Waals surface area contributed by atoms with Gasteiger partial charge >= 0.3 is 0 Å². The van der Waals surface area contributed by atoms with Crippen LogP contribution in [0.1, 0.15) is 119 Å². The lowest BCUT2D eigenvalue weighted by molar-refractivity contribution is 0.179. The summed E-state index contributed by atoms with van der Waals surface area (Å²) in [4.78, 5) is 2.58. The summed E-state index contributed by atoms with van der Waals surface area (Å²) in [5.74, 6) is 1.84. The largest absolute Gasteiger partial charge is 0.383 e. The summed E-state index contributed by atoms with van der Waals surface area (Å²) < 4.78 is 0. The molecule has 2 aliphatic carbocycles. The summed E-state index contributed by atoms with van der Waals surface area (Å²) in [5.41, 5.74) is 5.55. The van der Waals surface area contributed by atoms with Gasteiger partial charge in [-0.25, -0.2) is 0 Å². The van der Waals surface area contributed by atoms with Crippen molar-refractivity contribution in [2.75, 3.05) is 6.54 Å². The molecule has 0 bridgehead atoms. The first-order valence-electron chi connectivity index (χ1n) is 16.8. The molecule has 3 N–H and O–H groups in total. The summed E-state index contributed by atoms with van der Waals surface area (Å²) in [6, 6.07) is 1.09. The fraction of sp³-hybridized carbons (Fsp3) is 0.730. The van der Waals surface area contributed by atoms with E-state index in [-0.39, 0.29) is 23.5 Å². The summed E-state index contributed by atoms with van der Waals surface area (Å²) in [7, 11) is 0. The Morgan fingerprint density at radius 3 is 2.15 bits per heavy atom. The number of unbranched alkanes of at least 4 members (excludes halogenated alkanes) is 3. The minimum absolute atomic E-state index is 0.153. The van der Waals surface area contributed by atoms with Crippen molar-refractivity contribution in [3.8, 4) is 0 Å². The lowest BCUT2D eigenvalue weighted by Gasteiger charge is -2.42. The van der Waals surface area contributed by atoms with E-state index in [1.807, 2.05) is 0 Å². The van der Waals surface area contributed by atoms with Gasteiger partial charge in [0, 0.05) is 35.4 Å². The summed E-state index contributed by atoms with van der Waals surface area (Å²) in [6.07, 6.45) is 15.0. The monoisotopic (exact) mass is 565 g/mol. The second-order valence-corrected chi connectivity index (χ2v) is 14.8. The van der Waals surface area contributed by atoms with Gasteiger partial charge in [0.25, 0.3) is 0 Å². The zero-order valence-corrected chi connectivity index (χ0v) is 27.7. The number of allylic oxidation sites excluding steroid dienone is 1. The van der Waals surface area contributed by atoms with Crippen LogP contribution in [0.25, 0.3) is 0 Å². The number of nitrogens with one attached hydrogen (secondary N) is 3. The molecule has 3 aliphatic rings. The zero-order chi connectivity index (χ0) is 30.3. The third-order valence-electron chi connectivity index (χ3n) is 9.76. The molecule has 3 fully saturated rings. The Bertz CT molecular complexity index is 931. The minimum atomic E-state index is 0.153. The fourth-order valence-corrected chi connectivity index (χ4v) is 6.74. The molecule has 0 aromatic carbocycles. The van der Waals surface area contributed by atoms with Gasteiger partial charge in [0.1, 0.15) is 0 Å². The van der Waals surface area contributed by atoms with Gasteiger partial charge in [-0.2, -0.15) is 0 Å². The maximum Gasteiger partial charge on any atom is 0.0713 e. The van der Waals surface area contributed by atoms with Crippen molar-refractivity contribution in [1.29, 1.82) is 0 Å². The van der Waals surface area contributed by atoms with Crippen molar-refractivity contribution in [2.45, 2.75) is 143 Å². The second-order valence-electron chi connectivity index (χ2n) is 14.8. The Balaban J connectivity index is 1.80.